The Morgan fingerprint density at radius 2 is 2.05 bits per heavy atom. The fourth-order valence-corrected chi connectivity index (χ4v) is 6.24. The number of carbonyl (C=O) groups excluding carboxylic acids is 4. The largest absolute Gasteiger partial charge is 0.497 e. The predicted octanol–water partition coefficient (Wildman–Crippen LogP) is 3.38. The fourth-order valence-electron chi connectivity index (χ4n) is 4.10. The van der Waals surface area contributed by atoms with Crippen molar-refractivity contribution in [2.45, 2.75) is 38.0 Å². The Balaban J connectivity index is 1.51. The van der Waals surface area contributed by atoms with Crippen molar-refractivity contribution in [2.24, 2.45) is 5.16 Å². The quantitative estimate of drug-likeness (QED) is 0.108. The fraction of sp³-hybridized carbons (Fsp3) is 0.357. The average Bonchev–Trinajstić information content (AvgIpc) is 3.46. The molecule has 234 valence electrons. The highest BCUT2D eigenvalue weighted by atomic mass is 35.5. The molecule has 1 fully saturated rings. The first-order valence-corrected chi connectivity index (χ1v) is 15.7. The van der Waals surface area contributed by atoms with Crippen molar-refractivity contribution in [1.29, 1.82) is 0 Å². The van der Waals surface area contributed by atoms with Crippen molar-refractivity contribution < 1.29 is 37.9 Å². The first-order chi connectivity index (χ1) is 21.1. The van der Waals surface area contributed by atoms with Gasteiger partial charge in [0.05, 0.1) is 7.11 Å². The van der Waals surface area contributed by atoms with Gasteiger partial charge in [-0.1, -0.05) is 29.4 Å². The minimum absolute atomic E-state index is 0.0374. The van der Waals surface area contributed by atoms with Gasteiger partial charge in [0.1, 0.15) is 47.9 Å². The maximum absolute atomic E-state index is 13.4. The van der Waals surface area contributed by atoms with E-state index in [1.165, 1.54) is 35.9 Å². The van der Waals surface area contributed by atoms with Crippen LogP contribution < -0.4 is 15.4 Å². The highest BCUT2D eigenvalue weighted by Gasteiger charge is 2.54. The number of anilines is 1. The van der Waals surface area contributed by atoms with E-state index in [9.17, 15) is 23.6 Å². The van der Waals surface area contributed by atoms with Crippen LogP contribution in [-0.4, -0.2) is 82.2 Å². The Labute approximate surface area is 265 Å². The number of ether oxygens (including phenoxy) is 2. The van der Waals surface area contributed by atoms with Gasteiger partial charge >= 0.3 is 5.97 Å². The molecule has 1 saturated heterocycles. The second-order valence-corrected chi connectivity index (χ2v) is 11.7. The zero-order valence-electron chi connectivity index (χ0n) is 23.9. The molecule has 2 aromatic rings. The van der Waals surface area contributed by atoms with Gasteiger partial charge in [-0.15, -0.1) is 34.7 Å². The Morgan fingerprint density at radius 1 is 1.30 bits per heavy atom. The summed E-state index contributed by atoms with van der Waals surface area (Å²) in [6, 6.07) is 5.97. The van der Waals surface area contributed by atoms with Gasteiger partial charge in [-0.25, -0.2) is 14.2 Å². The third kappa shape index (κ3) is 7.95. The lowest BCUT2D eigenvalue weighted by Gasteiger charge is -2.49. The monoisotopic (exact) mass is 665 g/mol. The van der Waals surface area contributed by atoms with E-state index in [-0.39, 0.29) is 40.6 Å². The van der Waals surface area contributed by atoms with E-state index < -0.39 is 42.0 Å². The standard InChI is InChI=1S/C28H29ClFN5O7S2/c1-15(30)11-42-34-21(20-14-44-28(32-20)31-16(2)36)24(37)33-22-25(38)35-23(18(5-4-10-29)13-43-26(22)35)27(39)41-12-17-6-8-19(40-3)9-7-17/h4-9,14-15,22,26H,10-13H2,1-3H3,(H,33,37)(H,31,32,36)/b5-4-,34-21?/t15?,22-,26+/m1/s1. The minimum Gasteiger partial charge on any atom is -0.497 e. The molecule has 3 heterocycles. The van der Waals surface area contributed by atoms with E-state index in [2.05, 4.69) is 20.8 Å². The Bertz CT molecular complexity index is 1500. The summed E-state index contributed by atoms with van der Waals surface area (Å²) < 4.78 is 24.0. The molecule has 1 unspecified atom stereocenters. The average molecular weight is 666 g/mol. The van der Waals surface area contributed by atoms with Crippen LogP contribution in [0.1, 0.15) is 25.1 Å². The second kappa shape index (κ2) is 15.2. The zero-order chi connectivity index (χ0) is 31.8. The number of methoxy groups -OCH3 is 1. The molecule has 0 saturated carbocycles. The van der Waals surface area contributed by atoms with Crippen LogP contribution in [0.25, 0.3) is 0 Å². The summed E-state index contributed by atoms with van der Waals surface area (Å²) in [4.78, 5) is 61.9. The molecule has 0 radical (unpaired) electrons. The van der Waals surface area contributed by atoms with Crippen molar-refractivity contribution in [2.75, 3.05) is 30.7 Å². The van der Waals surface area contributed by atoms with Crippen LogP contribution in [0.2, 0.25) is 0 Å². The van der Waals surface area contributed by atoms with Gasteiger partial charge in [0.15, 0.2) is 10.8 Å². The number of nitrogens with one attached hydrogen (secondary N) is 2. The molecule has 0 spiro atoms. The SMILES string of the molecule is COc1ccc(COC(=O)C2=C(/C=C\CCl)CS[C@H]3[C@H](NC(=O)C(=NOCC(C)F)c4csc(NC(C)=O)n4)C(=O)N23)cc1. The molecular formula is C28H29ClFN5O7S2. The number of thiazole rings is 1. The minimum atomic E-state index is -1.36. The number of hydrogen-bond acceptors (Lipinski definition) is 11. The molecule has 3 amide bonds. The third-order valence-electron chi connectivity index (χ3n) is 6.12. The zero-order valence-corrected chi connectivity index (χ0v) is 26.3. The number of β-lactam (4-membered cyclic amide) rings is 1. The lowest BCUT2D eigenvalue weighted by Crippen LogP contribution is -2.71. The topological polar surface area (TPSA) is 149 Å². The molecule has 0 bridgehead atoms. The highest BCUT2D eigenvalue weighted by molar-refractivity contribution is 8.00. The molecule has 12 nitrogen and oxygen atoms in total. The van der Waals surface area contributed by atoms with E-state index in [1.54, 1.807) is 43.5 Å². The number of aromatic nitrogens is 1. The Hall–Kier alpha value is -3.95. The molecule has 1 aromatic carbocycles. The van der Waals surface area contributed by atoms with E-state index in [0.717, 1.165) is 16.9 Å². The number of benzene rings is 1. The predicted molar refractivity (Wildman–Crippen MR) is 164 cm³/mol. The lowest BCUT2D eigenvalue weighted by atomic mass is 10.0. The number of rotatable bonds is 13. The number of nitrogens with zero attached hydrogens (tertiary/aromatic N) is 3. The van der Waals surface area contributed by atoms with Crippen LogP contribution in [0.4, 0.5) is 9.52 Å². The van der Waals surface area contributed by atoms with Crippen LogP contribution in [-0.2, 0) is 35.4 Å². The van der Waals surface area contributed by atoms with Crippen molar-refractivity contribution in [3.8, 4) is 5.75 Å². The number of halogens is 2. The van der Waals surface area contributed by atoms with Gasteiger partial charge in [-0.3, -0.25) is 19.3 Å². The van der Waals surface area contributed by atoms with Gasteiger partial charge < -0.3 is 24.9 Å². The maximum atomic E-state index is 13.4. The number of alkyl halides is 2. The number of hydrogen-bond donors (Lipinski definition) is 2. The third-order valence-corrected chi connectivity index (χ3v) is 8.36. The number of carbonyl (C=O) groups is 4. The van der Waals surface area contributed by atoms with Crippen molar-refractivity contribution >= 4 is 69.2 Å². The summed E-state index contributed by atoms with van der Waals surface area (Å²) >= 11 is 8.21. The maximum Gasteiger partial charge on any atom is 0.355 e. The van der Waals surface area contributed by atoms with Crippen molar-refractivity contribution in [1.82, 2.24) is 15.2 Å². The van der Waals surface area contributed by atoms with Crippen molar-refractivity contribution in [3.05, 3.63) is 64.3 Å². The molecule has 44 heavy (non-hydrogen) atoms. The number of amides is 3. The van der Waals surface area contributed by atoms with Crippen molar-refractivity contribution in [3.63, 3.8) is 0 Å². The van der Waals surface area contributed by atoms with Crippen LogP contribution in [0.3, 0.4) is 0 Å². The second-order valence-electron chi connectivity index (χ2n) is 9.45. The summed E-state index contributed by atoms with van der Waals surface area (Å²) in [7, 11) is 1.55. The van der Waals surface area contributed by atoms with E-state index in [1.807, 2.05) is 0 Å². The summed E-state index contributed by atoms with van der Waals surface area (Å²) in [5.41, 5.74) is 1.07. The molecule has 4 rings (SSSR count). The molecule has 1 aromatic heterocycles. The van der Waals surface area contributed by atoms with Crippen LogP contribution in [0.15, 0.2) is 58.2 Å². The first-order valence-electron chi connectivity index (χ1n) is 13.2. The van der Waals surface area contributed by atoms with E-state index >= 15 is 0 Å². The smallest absolute Gasteiger partial charge is 0.355 e. The van der Waals surface area contributed by atoms with Gasteiger partial charge in [0.25, 0.3) is 11.8 Å². The normalized spacial score (nSPS) is 18.8. The van der Waals surface area contributed by atoms with Gasteiger partial charge in [0, 0.05) is 23.9 Å². The number of esters is 1. The molecule has 0 aliphatic carbocycles. The van der Waals surface area contributed by atoms with Gasteiger partial charge in [-0.2, -0.15) is 0 Å². The van der Waals surface area contributed by atoms with E-state index in [0.29, 0.717) is 17.1 Å². The molecule has 16 heteroatoms. The number of oxime groups is 1. The molecule has 2 aliphatic heterocycles. The summed E-state index contributed by atoms with van der Waals surface area (Å²) in [6.45, 7) is 2.11. The molecule has 2 aliphatic rings. The summed E-state index contributed by atoms with van der Waals surface area (Å²) in [5, 5.41) is 9.96. The Kier molecular flexibility index (Phi) is 11.4. The van der Waals surface area contributed by atoms with Crippen LogP contribution in [0.5, 0.6) is 5.75 Å². The number of allylic oxidation sites excluding steroid dienone is 2. The van der Waals surface area contributed by atoms with Gasteiger partial charge in [-0.05, 0) is 30.2 Å². The highest BCUT2D eigenvalue weighted by Crippen LogP contribution is 2.41. The summed E-state index contributed by atoms with van der Waals surface area (Å²) in [5.74, 6) is -1.23. The van der Waals surface area contributed by atoms with E-state index in [4.69, 9.17) is 25.9 Å². The molecule has 2 N–H and O–H groups in total. The summed E-state index contributed by atoms with van der Waals surface area (Å²) in [6.07, 6.45) is 1.97. The Morgan fingerprint density at radius 3 is 2.70 bits per heavy atom. The van der Waals surface area contributed by atoms with Gasteiger partial charge in [0.2, 0.25) is 5.91 Å². The molecule has 3 atom stereocenters. The number of fused-ring (bicyclic) bond motifs is 1. The molecular weight excluding hydrogens is 637 g/mol. The first kappa shape index (κ1) is 33.0. The van der Waals surface area contributed by atoms with Crippen LogP contribution >= 0.6 is 34.7 Å². The lowest BCUT2D eigenvalue weighted by molar-refractivity contribution is -0.153. The van der Waals surface area contributed by atoms with Crippen LogP contribution in [0, 0.1) is 0 Å². The number of thioether (sulfide) groups is 1.